The molecule has 3 heteroatoms. The van der Waals surface area contributed by atoms with Gasteiger partial charge in [-0.1, -0.05) is 18.2 Å². The van der Waals surface area contributed by atoms with E-state index in [0.717, 1.165) is 0 Å². The molecule has 3 nitrogen and oxygen atoms in total. The normalized spacial score (nSPS) is 11.2. The van der Waals surface area contributed by atoms with Gasteiger partial charge in [-0.05, 0) is 32.9 Å². The second-order valence-corrected chi connectivity index (χ2v) is 4.75. The zero-order valence-electron chi connectivity index (χ0n) is 10.4. The molecule has 0 spiro atoms. The van der Waals surface area contributed by atoms with Crippen molar-refractivity contribution < 1.29 is 9.53 Å². The van der Waals surface area contributed by atoms with Gasteiger partial charge >= 0.3 is 0 Å². The summed E-state index contributed by atoms with van der Waals surface area (Å²) in [5, 5.41) is 0. The summed E-state index contributed by atoms with van der Waals surface area (Å²) < 4.78 is 5.54. The molecule has 0 saturated carbocycles. The van der Waals surface area contributed by atoms with E-state index in [0.29, 0.717) is 12.3 Å². The Bertz CT molecular complexity index is 341. The van der Waals surface area contributed by atoms with Crippen LogP contribution in [-0.2, 0) is 4.74 Å². The Balaban J connectivity index is 2.55. The van der Waals surface area contributed by atoms with Gasteiger partial charge in [0.05, 0.1) is 5.60 Å². The molecule has 0 aliphatic carbocycles. The van der Waals surface area contributed by atoms with Gasteiger partial charge in [0.1, 0.15) is 6.73 Å². The molecular formula is C13H19NO2. The van der Waals surface area contributed by atoms with E-state index in [4.69, 9.17) is 4.74 Å². The molecule has 0 atom stereocenters. The molecule has 1 amide bonds. The largest absolute Gasteiger partial charge is 0.355 e. The summed E-state index contributed by atoms with van der Waals surface area (Å²) in [6.45, 7) is 6.20. The Morgan fingerprint density at radius 3 is 2.31 bits per heavy atom. The summed E-state index contributed by atoms with van der Waals surface area (Å²) in [4.78, 5) is 13.5. The van der Waals surface area contributed by atoms with E-state index < -0.39 is 0 Å². The van der Waals surface area contributed by atoms with Gasteiger partial charge in [0.25, 0.3) is 5.91 Å². The lowest BCUT2D eigenvalue weighted by atomic mass is 10.2. The highest BCUT2D eigenvalue weighted by Gasteiger charge is 2.15. The summed E-state index contributed by atoms with van der Waals surface area (Å²) >= 11 is 0. The van der Waals surface area contributed by atoms with Crippen molar-refractivity contribution in [2.24, 2.45) is 0 Å². The van der Waals surface area contributed by atoms with Crippen molar-refractivity contribution in [3.8, 4) is 0 Å². The smallest absolute Gasteiger partial charge is 0.255 e. The molecule has 1 aromatic carbocycles. The lowest BCUT2D eigenvalue weighted by Gasteiger charge is -2.24. The molecule has 1 aromatic rings. The first-order valence-electron chi connectivity index (χ1n) is 5.34. The molecule has 88 valence electrons. The van der Waals surface area contributed by atoms with Gasteiger partial charge in [0.15, 0.2) is 0 Å². The summed E-state index contributed by atoms with van der Waals surface area (Å²) in [5.41, 5.74) is 0.452. The van der Waals surface area contributed by atoms with Crippen LogP contribution < -0.4 is 0 Å². The zero-order chi connectivity index (χ0) is 12.2. The first-order chi connectivity index (χ1) is 7.40. The Kier molecular flexibility index (Phi) is 4.07. The Hall–Kier alpha value is -1.35. The van der Waals surface area contributed by atoms with E-state index in [9.17, 15) is 4.79 Å². The van der Waals surface area contributed by atoms with Crippen molar-refractivity contribution in [2.45, 2.75) is 26.4 Å². The van der Waals surface area contributed by atoms with Gasteiger partial charge in [-0.25, -0.2) is 0 Å². The van der Waals surface area contributed by atoms with Crippen LogP contribution in [0.2, 0.25) is 0 Å². The number of nitrogens with zero attached hydrogens (tertiary/aromatic N) is 1. The monoisotopic (exact) mass is 221 g/mol. The molecule has 0 unspecified atom stereocenters. The van der Waals surface area contributed by atoms with Crippen LogP contribution in [-0.4, -0.2) is 30.2 Å². The molecule has 0 saturated heterocycles. The predicted octanol–water partition coefficient (Wildman–Crippen LogP) is 2.53. The van der Waals surface area contributed by atoms with Crippen LogP contribution >= 0.6 is 0 Å². The molecule has 16 heavy (non-hydrogen) atoms. The first-order valence-corrected chi connectivity index (χ1v) is 5.34. The molecule has 0 aromatic heterocycles. The van der Waals surface area contributed by atoms with Crippen LogP contribution in [0.15, 0.2) is 30.3 Å². The molecular weight excluding hydrogens is 202 g/mol. The number of carbonyl (C=O) groups is 1. The molecule has 0 aliphatic rings. The van der Waals surface area contributed by atoms with Crippen molar-refractivity contribution in [1.29, 1.82) is 0 Å². The summed E-state index contributed by atoms with van der Waals surface area (Å²) in [6, 6.07) is 9.20. The van der Waals surface area contributed by atoms with Gasteiger partial charge in [-0.3, -0.25) is 4.79 Å². The fraction of sp³-hybridized carbons (Fsp3) is 0.462. The van der Waals surface area contributed by atoms with Crippen molar-refractivity contribution in [3.05, 3.63) is 35.9 Å². The standard InChI is InChI=1S/C13H19NO2/c1-13(2,3)16-10-14(4)12(15)11-8-6-5-7-9-11/h5-9H,10H2,1-4H3. The molecule has 0 bridgehead atoms. The average molecular weight is 221 g/mol. The number of carbonyl (C=O) groups excluding carboxylic acids is 1. The number of hydrogen-bond acceptors (Lipinski definition) is 2. The van der Waals surface area contributed by atoms with Gasteiger partial charge in [0, 0.05) is 12.6 Å². The Morgan fingerprint density at radius 1 is 1.25 bits per heavy atom. The van der Waals surface area contributed by atoms with Crippen LogP contribution in [0.25, 0.3) is 0 Å². The number of amides is 1. The average Bonchev–Trinajstić information content (AvgIpc) is 2.25. The maximum Gasteiger partial charge on any atom is 0.255 e. The summed E-state index contributed by atoms with van der Waals surface area (Å²) in [6.07, 6.45) is 0. The number of ether oxygens (including phenoxy) is 1. The molecule has 1 rings (SSSR count). The van der Waals surface area contributed by atoms with E-state index in [1.807, 2.05) is 39.0 Å². The van der Waals surface area contributed by atoms with Crippen LogP contribution in [0.5, 0.6) is 0 Å². The zero-order valence-corrected chi connectivity index (χ0v) is 10.4. The quantitative estimate of drug-likeness (QED) is 0.734. The summed E-state index contributed by atoms with van der Waals surface area (Å²) in [7, 11) is 1.74. The van der Waals surface area contributed by atoms with Gasteiger partial charge in [0.2, 0.25) is 0 Å². The van der Waals surface area contributed by atoms with E-state index in [1.54, 1.807) is 24.1 Å². The number of rotatable bonds is 3. The number of benzene rings is 1. The number of hydrogen-bond donors (Lipinski definition) is 0. The summed E-state index contributed by atoms with van der Waals surface area (Å²) in [5.74, 6) is -0.0233. The third-order valence-corrected chi connectivity index (χ3v) is 2.06. The van der Waals surface area contributed by atoms with Gasteiger partial charge in [-0.2, -0.15) is 0 Å². The third-order valence-electron chi connectivity index (χ3n) is 2.06. The minimum absolute atomic E-state index is 0.0233. The highest BCUT2D eigenvalue weighted by atomic mass is 16.5. The van der Waals surface area contributed by atoms with E-state index in [2.05, 4.69) is 0 Å². The topological polar surface area (TPSA) is 29.5 Å². The fourth-order valence-electron chi connectivity index (χ4n) is 1.15. The second kappa shape index (κ2) is 5.12. The van der Waals surface area contributed by atoms with Crippen LogP contribution in [0.3, 0.4) is 0 Å². The molecule has 0 N–H and O–H groups in total. The van der Waals surface area contributed by atoms with Crippen molar-refractivity contribution in [1.82, 2.24) is 4.90 Å². The molecule has 0 heterocycles. The van der Waals surface area contributed by atoms with Gasteiger partial charge < -0.3 is 9.64 Å². The molecule has 0 aliphatic heterocycles. The maximum atomic E-state index is 11.9. The minimum atomic E-state index is -0.231. The van der Waals surface area contributed by atoms with Gasteiger partial charge in [-0.15, -0.1) is 0 Å². The van der Waals surface area contributed by atoms with Crippen molar-refractivity contribution in [3.63, 3.8) is 0 Å². The predicted molar refractivity (Wildman–Crippen MR) is 64.2 cm³/mol. The van der Waals surface area contributed by atoms with Crippen LogP contribution in [0, 0.1) is 0 Å². The van der Waals surface area contributed by atoms with E-state index >= 15 is 0 Å². The van der Waals surface area contributed by atoms with E-state index in [-0.39, 0.29) is 11.5 Å². The Labute approximate surface area is 97.0 Å². The molecule has 0 fully saturated rings. The lowest BCUT2D eigenvalue weighted by Crippen LogP contribution is -2.33. The highest BCUT2D eigenvalue weighted by Crippen LogP contribution is 2.09. The van der Waals surface area contributed by atoms with Crippen LogP contribution in [0.1, 0.15) is 31.1 Å². The van der Waals surface area contributed by atoms with E-state index in [1.165, 1.54) is 0 Å². The SMILES string of the molecule is CN(COC(C)(C)C)C(=O)c1ccccc1. The van der Waals surface area contributed by atoms with Crippen LogP contribution in [0.4, 0.5) is 0 Å². The Morgan fingerprint density at radius 2 is 1.81 bits per heavy atom. The maximum absolute atomic E-state index is 11.9. The highest BCUT2D eigenvalue weighted by molar-refractivity contribution is 5.93. The van der Waals surface area contributed by atoms with Crippen molar-refractivity contribution >= 4 is 5.91 Å². The second-order valence-electron chi connectivity index (χ2n) is 4.75. The fourth-order valence-corrected chi connectivity index (χ4v) is 1.15. The molecule has 0 radical (unpaired) electrons. The first kappa shape index (κ1) is 12.7. The van der Waals surface area contributed by atoms with Crippen molar-refractivity contribution in [2.75, 3.05) is 13.8 Å². The lowest BCUT2D eigenvalue weighted by molar-refractivity contribution is -0.0476. The third kappa shape index (κ3) is 4.03. The minimum Gasteiger partial charge on any atom is -0.355 e.